The van der Waals surface area contributed by atoms with E-state index < -0.39 is 5.97 Å². The summed E-state index contributed by atoms with van der Waals surface area (Å²) in [6.45, 7) is 1.70. The number of carbonyl (C=O) groups excluding carboxylic acids is 1. The van der Waals surface area contributed by atoms with Gasteiger partial charge in [0.1, 0.15) is 6.26 Å². The van der Waals surface area contributed by atoms with Crippen molar-refractivity contribution in [3.05, 3.63) is 51.9 Å². The number of aromatic carboxylic acids is 1. The van der Waals surface area contributed by atoms with Gasteiger partial charge in [0.05, 0.1) is 11.1 Å². The van der Waals surface area contributed by atoms with E-state index in [0.29, 0.717) is 21.5 Å². The van der Waals surface area contributed by atoms with E-state index >= 15 is 0 Å². The minimum atomic E-state index is -1.03. The molecule has 19 heavy (non-hydrogen) atoms. The highest BCUT2D eigenvalue weighted by atomic mass is 79.9. The smallest absolute Gasteiger partial charge is 0.336 e. The Morgan fingerprint density at radius 2 is 2.05 bits per heavy atom. The van der Waals surface area contributed by atoms with E-state index in [1.54, 1.807) is 19.1 Å². The van der Waals surface area contributed by atoms with E-state index in [-0.39, 0.29) is 11.5 Å². The van der Waals surface area contributed by atoms with Crippen LogP contribution in [0.4, 0.5) is 5.69 Å². The van der Waals surface area contributed by atoms with Gasteiger partial charge in [0.15, 0.2) is 4.67 Å². The molecule has 0 fully saturated rings. The van der Waals surface area contributed by atoms with Crippen LogP contribution in [0.3, 0.4) is 0 Å². The molecule has 1 aromatic heterocycles. The Morgan fingerprint density at radius 3 is 2.63 bits per heavy atom. The van der Waals surface area contributed by atoms with Gasteiger partial charge in [0, 0.05) is 11.8 Å². The van der Waals surface area contributed by atoms with Gasteiger partial charge in [-0.2, -0.15) is 0 Å². The molecule has 0 atom stereocenters. The molecule has 6 heteroatoms. The van der Waals surface area contributed by atoms with E-state index in [1.165, 1.54) is 18.4 Å². The van der Waals surface area contributed by atoms with Crippen LogP contribution < -0.4 is 5.32 Å². The number of hydrogen-bond donors (Lipinski definition) is 2. The van der Waals surface area contributed by atoms with Gasteiger partial charge in [-0.3, -0.25) is 4.79 Å². The molecule has 0 aliphatic heterocycles. The number of carboxylic acid groups (broad SMARTS) is 1. The fraction of sp³-hybridized carbons (Fsp3) is 0.0769. The molecule has 2 aromatic rings. The monoisotopic (exact) mass is 323 g/mol. The van der Waals surface area contributed by atoms with Crippen LogP contribution in [0.5, 0.6) is 0 Å². The van der Waals surface area contributed by atoms with Crippen LogP contribution >= 0.6 is 15.9 Å². The molecule has 1 heterocycles. The fourth-order valence-electron chi connectivity index (χ4n) is 1.56. The molecule has 0 radical (unpaired) electrons. The van der Waals surface area contributed by atoms with Crippen molar-refractivity contribution in [1.82, 2.24) is 0 Å². The van der Waals surface area contributed by atoms with E-state index in [0.717, 1.165) is 0 Å². The maximum atomic E-state index is 11.9. The topological polar surface area (TPSA) is 79.5 Å². The van der Waals surface area contributed by atoms with E-state index in [4.69, 9.17) is 9.52 Å². The number of aryl methyl sites for hydroxylation is 1. The first-order valence-corrected chi connectivity index (χ1v) is 6.16. The maximum Gasteiger partial charge on any atom is 0.336 e. The van der Waals surface area contributed by atoms with Crippen molar-refractivity contribution >= 4 is 33.5 Å². The third kappa shape index (κ3) is 3.03. The highest BCUT2D eigenvalue weighted by Gasteiger charge is 2.12. The number of benzene rings is 1. The normalized spacial score (nSPS) is 10.2. The zero-order valence-corrected chi connectivity index (χ0v) is 11.5. The average molecular weight is 324 g/mol. The second-order valence-corrected chi connectivity index (χ2v) is 4.71. The van der Waals surface area contributed by atoms with E-state index in [2.05, 4.69) is 21.2 Å². The summed E-state index contributed by atoms with van der Waals surface area (Å²) in [5.41, 5.74) is 1.57. The molecule has 0 spiro atoms. The molecule has 5 nitrogen and oxygen atoms in total. The summed E-state index contributed by atoms with van der Waals surface area (Å²) in [4.78, 5) is 22.9. The summed E-state index contributed by atoms with van der Waals surface area (Å²) < 4.78 is 5.42. The average Bonchev–Trinajstić information content (AvgIpc) is 2.78. The number of carboxylic acids is 1. The van der Waals surface area contributed by atoms with E-state index in [9.17, 15) is 9.59 Å². The Morgan fingerprint density at radius 1 is 1.32 bits per heavy atom. The van der Waals surface area contributed by atoms with Crippen molar-refractivity contribution < 1.29 is 19.1 Å². The predicted octanol–water partition coefficient (Wildman–Crippen LogP) is 3.30. The first-order chi connectivity index (χ1) is 8.97. The van der Waals surface area contributed by atoms with Crippen molar-refractivity contribution in [2.45, 2.75) is 6.92 Å². The minimum Gasteiger partial charge on any atom is -0.478 e. The largest absolute Gasteiger partial charge is 0.478 e. The Labute approximate surface area is 117 Å². The molecule has 0 unspecified atom stereocenters. The number of hydrogen-bond acceptors (Lipinski definition) is 3. The number of carbonyl (C=O) groups is 2. The van der Waals surface area contributed by atoms with Crippen LogP contribution in [0.15, 0.2) is 39.6 Å². The molecule has 2 N–H and O–H groups in total. The van der Waals surface area contributed by atoms with Crippen LogP contribution in [0.25, 0.3) is 0 Å². The summed E-state index contributed by atoms with van der Waals surface area (Å²) in [7, 11) is 0. The van der Waals surface area contributed by atoms with Gasteiger partial charge in [0.2, 0.25) is 0 Å². The molecule has 0 aliphatic rings. The quantitative estimate of drug-likeness (QED) is 0.908. The minimum absolute atomic E-state index is 0.158. The van der Waals surface area contributed by atoms with Gasteiger partial charge < -0.3 is 14.8 Å². The van der Waals surface area contributed by atoms with Crippen molar-refractivity contribution in [1.29, 1.82) is 0 Å². The summed E-state index contributed by atoms with van der Waals surface area (Å²) in [5.74, 6) is -1.39. The van der Waals surface area contributed by atoms with Gasteiger partial charge in [0.25, 0.3) is 5.91 Å². The van der Waals surface area contributed by atoms with Crippen molar-refractivity contribution in [3.8, 4) is 0 Å². The summed E-state index contributed by atoms with van der Waals surface area (Å²) >= 11 is 3.10. The second kappa shape index (κ2) is 5.27. The molecule has 0 bridgehead atoms. The lowest BCUT2D eigenvalue weighted by molar-refractivity contribution is 0.0695. The van der Waals surface area contributed by atoms with Gasteiger partial charge in [-0.1, -0.05) is 6.07 Å². The number of rotatable bonds is 3. The molecular formula is C13H10BrNO4. The summed E-state index contributed by atoms with van der Waals surface area (Å²) in [5, 5.41) is 11.6. The summed E-state index contributed by atoms with van der Waals surface area (Å²) in [6, 6.07) is 6.24. The Hall–Kier alpha value is -2.08. The van der Waals surface area contributed by atoms with Crippen molar-refractivity contribution in [2.24, 2.45) is 0 Å². The van der Waals surface area contributed by atoms with Crippen molar-refractivity contribution in [3.63, 3.8) is 0 Å². The molecule has 0 saturated heterocycles. The fourth-order valence-corrected chi connectivity index (χ4v) is 1.90. The molecule has 0 aliphatic carbocycles. The molecule has 98 valence electrons. The zero-order chi connectivity index (χ0) is 14.0. The van der Waals surface area contributed by atoms with Crippen LogP contribution in [-0.2, 0) is 0 Å². The number of amides is 1. The number of furan rings is 1. The Bertz CT molecular complexity index is 648. The third-order valence-corrected chi connectivity index (χ3v) is 2.97. The third-order valence-electron chi connectivity index (χ3n) is 2.56. The zero-order valence-electron chi connectivity index (χ0n) is 9.94. The number of halogens is 1. The molecular weight excluding hydrogens is 314 g/mol. The lowest BCUT2D eigenvalue weighted by atomic mass is 10.1. The van der Waals surface area contributed by atoms with Gasteiger partial charge in [-0.15, -0.1) is 0 Å². The van der Waals surface area contributed by atoms with E-state index in [1.807, 2.05) is 0 Å². The predicted molar refractivity (Wildman–Crippen MR) is 72.5 cm³/mol. The SMILES string of the molecule is Cc1ccc(NC(=O)c2coc(Br)c2)cc1C(=O)O. The van der Waals surface area contributed by atoms with Crippen LogP contribution in [0.2, 0.25) is 0 Å². The first-order valence-electron chi connectivity index (χ1n) is 5.36. The Kier molecular flexibility index (Phi) is 3.71. The van der Waals surface area contributed by atoms with Gasteiger partial charge >= 0.3 is 5.97 Å². The number of nitrogens with one attached hydrogen (secondary N) is 1. The standard InChI is InChI=1S/C13H10BrNO4/c1-7-2-3-9(5-10(7)13(17)18)15-12(16)8-4-11(14)19-6-8/h2-6H,1H3,(H,15,16)(H,17,18). The van der Waals surface area contributed by atoms with Gasteiger partial charge in [-0.25, -0.2) is 4.79 Å². The van der Waals surface area contributed by atoms with Gasteiger partial charge in [-0.05, 0) is 40.5 Å². The Balaban J connectivity index is 2.22. The molecule has 1 aromatic carbocycles. The van der Waals surface area contributed by atoms with Crippen LogP contribution in [0, 0.1) is 6.92 Å². The highest BCUT2D eigenvalue weighted by Crippen LogP contribution is 2.18. The highest BCUT2D eigenvalue weighted by molar-refractivity contribution is 9.10. The maximum absolute atomic E-state index is 11.9. The summed E-state index contributed by atoms with van der Waals surface area (Å²) in [6.07, 6.45) is 1.31. The molecule has 1 amide bonds. The number of anilines is 1. The lowest BCUT2D eigenvalue weighted by Gasteiger charge is -2.06. The lowest BCUT2D eigenvalue weighted by Crippen LogP contribution is -2.11. The van der Waals surface area contributed by atoms with Crippen LogP contribution in [0.1, 0.15) is 26.3 Å². The van der Waals surface area contributed by atoms with Crippen molar-refractivity contribution in [2.75, 3.05) is 5.32 Å². The van der Waals surface area contributed by atoms with Crippen LogP contribution in [-0.4, -0.2) is 17.0 Å². The second-order valence-electron chi connectivity index (χ2n) is 3.93. The first kappa shape index (κ1) is 13.4. The molecule has 2 rings (SSSR count). The molecule has 0 saturated carbocycles.